The molecule has 1 aromatic carbocycles. The molecule has 0 aliphatic carbocycles. The van der Waals surface area contributed by atoms with E-state index in [1.54, 1.807) is 12.1 Å². The third-order valence-corrected chi connectivity index (χ3v) is 2.33. The van der Waals surface area contributed by atoms with Gasteiger partial charge in [-0.15, -0.1) is 0 Å². The topological polar surface area (TPSA) is 26.3 Å². The summed E-state index contributed by atoms with van der Waals surface area (Å²) in [6, 6.07) is 4.67. The molecular formula is C10H10Cl2O2. The highest BCUT2D eigenvalue weighted by Gasteiger charge is 2.08. The maximum atomic E-state index is 11.3. The van der Waals surface area contributed by atoms with E-state index in [4.69, 9.17) is 27.9 Å². The zero-order valence-corrected chi connectivity index (χ0v) is 9.23. The van der Waals surface area contributed by atoms with Gasteiger partial charge in [-0.1, -0.05) is 30.1 Å². The summed E-state index contributed by atoms with van der Waals surface area (Å²) >= 11 is 11.5. The number of halogens is 2. The minimum Gasteiger partial charge on any atom is -0.462 e. The van der Waals surface area contributed by atoms with E-state index in [0.717, 1.165) is 6.42 Å². The van der Waals surface area contributed by atoms with Crippen molar-refractivity contribution in [3.05, 3.63) is 33.8 Å². The van der Waals surface area contributed by atoms with Gasteiger partial charge in [0.2, 0.25) is 0 Å². The van der Waals surface area contributed by atoms with Gasteiger partial charge in [-0.2, -0.15) is 0 Å². The first-order chi connectivity index (χ1) is 6.65. The zero-order valence-electron chi connectivity index (χ0n) is 7.72. The van der Waals surface area contributed by atoms with Gasteiger partial charge in [-0.25, -0.2) is 4.79 Å². The van der Waals surface area contributed by atoms with E-state index in [0.29, 0.717) is 22.2 Å². The molecule has 0 atom stereocenters. The van der Waals surface area contributed by atoms with Crippen LogP contribution in [0.2, 0.25) is 10.0 Å². The highest BCUT2D eigenvalue weighted by atomic mass is 35.5. The third-order valence-electron chi connectivity index (χ3n) is 1.59. The van der Waals surface area contributed by atoms with Crippen molar-refractivity contribution in [2.45, 2.75) is 13.3 Å². The first-order valence-corrected chi connectivity index (χ1v) is 5.03. The minimum atomic E-state index is -0.370. The average molecular weight is 233 g/mol. The van der Waals surface area contributed by atoms with E-state index in [-0.39, 0.29) is 5.97 Å². The average Bonchev–Trinajstić information content (AvgIpc) is 2.18. The van der Waals surface area contributed by atoms with Crippen LogP contribution in [0.5, 0.6) is 0 Å². The molecule has 4 heteroatoms. The van der Waals surface area contributed by atoms with Crippen molar-refractivity contribution in [1.29, 1.82) is 0 Å². The van der Waals surface area contributed by atoms with E-state index in [1.807, 2.05) is 6.92 Å². The van der Waals surface area contributed by atoms with Gasteiger partial charge in [0, 0.05) is 0 Å². The number of esters is 1. The summed E-state index contributed by atoms with van der Waals surface area (Å²) in [4.78, 5) is 11.3. The van der Waals surface area contributed by atoms with Crippen LogP contribution in [-0.4, -0.2) is 12.6 Å². The first-order valence-electron chi connectivity index (χ1n) is 4.27. The molecule has 1 rings (SSSR count). The lowest BCUT2D eigenvalue weighted by Gasteiger charge is -2.03. The summed E-state index contributed by atoms with van der Waals surface area (Å²) in [7, 11) is 0. The van der Waals surface area contributed by atoms with Crippen LogP contribution >= 0.6 is 23.2 Å². The van der Waals surface area contributed by atoms with E-state index >= 15 is 0 Å². The van der Waals surface area contributed by atoms with E-state index in [1.165, 1.54) is 6.07 Å². The molecule has 0 bridgehead atoms. The van der Waals surface area contributed by atoms with Crippen molar-refractivity contribution >= 4 is 29.2 Å². The van der Waals surface area contributed by atoms with Crippen LogP contribution in [0.3, 0.4) is 0 Å². The quantitative estimate of drug-likeness (QED) is 0.746. The molecule has 0 aliphatic heterocycles. The molecule has 0 unspecified atom stereocenters. The number of rotatable bonds is 3. The van der Waals surface area contributed by atoms with Crippen LogP contribution in [0, 0.1) is 0 Å². The van der Waals surface area contributed by atoms with Crippen molar-refractivity contribution in [2.24, 2.45) is 0 Å². The molecule has 0 N–H and O–H groups in total. The summed E-state index contributed by atoms with van der Waals surface area (Å²) in [5.74, 6) is -0.370. The Bertz CT molecular complexity index is 337. The molecular weight excluding hydrogens is 223 g/mol. The van der Waals surface area contributed by atoms with Gasteiger partial charge >= 0.3 is 5.97 Å². The van der Waals surface area contributed by atoms with Gasteiger partial charge in [0.25, 0.3) is 0 Å². The van der Waals surface area contributed by atoms with Crippen LogP contribution in [-0.2, 0) is 4.74 Å². The van der Waals surface area contributed by atoms with E-state index < -0.39 is 0 Å². The number of carbonyl (C=O) groups is 1. The lowest BCUT2D eigenvalue weighted by molar-refractivity contribution is 0.0505. The van der Waals surface area contributed by atoms with Crippen LogP contribution < -0.4 is 0 Å². The minimum absolute atomic E-state index is 0.359. The number of benzene rings is 1. The van der Waals surface area contributed by atoms with Gasteiger partial charge in [0.1, 0.15) is 0 Å². The SMILES string of the molecule is CCCOC(=O)c1ccc(Cl)c(Cl)c1. The Hall–Kier alpha value is -0.730. The third kappa shape index (κ3) is 2.89. The molecule has 0 spiro atoms. The van der Waals surface area contributed by atoms with Crippen LogP contribution in [0.1, 0.15) is 23.7 Å². The molecule has 1 aromatic rings. The molecule has 2 nitrogen and oxygen atoms in total. The number of carbonyl (C=O) groups excluding carboxylic acids is 1. The Morgan fingerprint density at radius 2 is 2.07 bits per heavy atom. The fourth-order valence-corrected chi connectivity index (χ4v) is 1.20. The normalized spacial score (nSPS) is 9.93. The lowest BCUT2D eigenvalue weighted by atomic mass is 10.2. The van der Waals surface area contributed by atoms with Crippen molar-refractivity contribution in [2.75, 3.05) is 6.61 Å². The van der Waals surface area contributed by atoms with Crippen LogP contribution in [0.15, 0.2) is 18.2 Å². The molecule has 0 saturated heterocycles. The Kier molecular flexibility index (Phi) is 4.23. The molecule has 0 saturated carbocycles. The standard InChI is InChI=1S/C10H10Cl2O2/c1-2-5-14-10(13)7-3-4-8(11)9(12)6-7/h3-4,6H,2,5H2,1H3. The fraction of sp³-hybridized carbons (Fsp3) is 0.300. The van der Waals surface area contributed by atoms with Crippen molar-refractivity contribution in [3.8, 4) is 0 Å². The summed E-state index contributed by atoms with van der Waals surface area (Å²) in [5.41, 5.74) is 0.424. The number of ether oxygens (including phenoxy) is 1. The zero-order chi connectivity index (χ0) is 10.6. The van der Waals surface area contributed by atoms with Gasteiger partial charge in [-0.3, -0.25) is 0 Å². The molecule has 0 heterocycles. The van der Waals surface area contributed by atoms with Crippen molar-refractivity contribution < 1.29 is 9.53 Å². The van der Waals surface area contributed by atoms with Gasteiger partial charge in [0.05, 0.1) is 22.2 Å². The summed E-state index contributed by atoms with van der Waals surface area (Å²) in [6.45, 7) is 2.35. The molecule has 0 amide bonds. The Labute approximate surface area is 92.8 Å². The molecule has 0 fully saturated rings. The summed E-state index contributed by atoms with van der Waals surface area (Å²) in [6.07, 6.45) is 0.799. The maximum absolute atomic E-state index is 11.3. The van der Waals surface area contributed by atoms with E-state index in [2.05, 4.69) is 0 Å². The summed E-state index contributed by atoms with van der Waals surface area (Å²) < 4.78 is 4.93. The number of hydrogen-bond acceptors (Lipinski definition) is 2. The highest BCUT2D eigenvalue weighted by molar-refractivity contribution is 6.42. The molecule has 14 heavy (non-hydrogen) atoms. The van der Waals surface area contributed by atoms with Crippen LogP contribution in [0.4, 0.5) is 0 Å². The first kappa shape index (κ1) is 11.3. The molecule has 0 aliphatic rings. The van der Waals surface area contributed by atoms with Gasteiger partial charge in [0.15, 0.2) is 0 Å². The van der Waals surface area contributed by atoms with E-state index in [9.17, 15) is 4.79 Å². The lowest BCUT2D eigenvalue weighted by Crippen LogP contribution is -2.05. The second-order valence-corrected chi connectivity index (χ2v) is 3.58. The maximum Gasteiger partial charge on any atom is 0.338 e. The highest BCUT2D eigenvalue weighted by Crippen LogP contribution is 2.22. The second-order valence-electron chi connectivity index (χ2n) is 2.76. The predicted molar refractivity (Wildman–Crippen MR) is 57.0 cm³/mol. The Morgan fingerprint density at radius 3 is 2.64 bits per heavy atom. The monoisotopic (exact) mass is 232 g/mol. The van der Waals surface area contributed by atoms with Crippen LogP contribution in [0.25, 0.3) is 0 Å². The Morgan fingerprint density at radius 1 is 1.36 bits per heavy atom. The second kappa shape index (κ2) is 5.23. The molecule has 0 aromatic heterocycles. The Balaban J connectivity index is 2.76. The van der Waals surface area contributed by atoms with Gasteiger partial charge in [-0.05, 0) is 24.6 Å². The largest absolute Gasteiger partial charge is 0.462 e. The predicted octanol–water partition coefficient (Wildman–Crippen LogP) is 3.56. The van der Waals surface area contributed by atoms with Gasteiger partial charge < -0.3 is 4.74 Å². The molecule has 76 valence electrons. The number of hydrogen-bond donors (Lipinski definition) is 0. The van der Waals surface area contributed by atoms with Crippen molar-refractivity contribution in [1.82, 2.24) is 0 Å². The smallest absolute Gasteiger partial charge is 0.338 e. The summed E-state index contributed by atoms with van der Waals surface area (Å²) in [5, 5.41) is 0.788. The fourth-order valence-electron chi connectivity index (χ4n) is 0.901. The molecule has 0 radical (unpaired) electrons. The van der Waals surface area contributed by atoms with Crippen molar-refractivity contribution in [3.63, 3.8) is 0 Å².